The van der Waals surface area contributed by atoms with Crippen molar-refractivity contribution in [3.05, 3.63) is 59.2 Å². The maximum Gasteiger partial charge on any atom is 0.313 e. The molecule has 0 fully saturated rings. The topological polar surface area (TPSA) is 87.7 Å². The van der Waals surface area contributed by atoms with E-state index in [1.807, 2.05) is 54.3 Å². The molecule has 0 aromatic heterocycles. The van der Waals surface area contributed by atoms with E-state index in [0.29, 0.717) is 31.5 Å². The van der Waals surface area contributed by atoms with Crippen molar-refractivity contribution < 1.29 is 19.1 Å². The molecule has 1 unspecified atom stereocenters. The van der Waals surface area contributed by atoms with Gasteiger partial charge in [0.1, 0.15) is 5.60 Å². The van der Waals surface area contributed by atoms with Gasteiger partial charge >= 0.3 is 11.8 Å². The van der Waals surface area contributed by atoms with Crippen LogP contribution in [0, 0.1) is 0 Å². The summed E-state index contributed by atoms with van der Waals surface area (Å²) in [7, 11) is 1.60. The number of aryl methyl sites for hydroxylation is 1. The maximum absolute atomic E-state index is 12.5. The van der Waals surface area contributed by atoms with Crippen LogP contribution >= 0.6 is 0 Å². The molecule has 1 atom stereocenters. The molecule has 2 aromatic carbocycles. The number of hydrogen-bond acceptors (Lipinski definition) is 4. The fourth-order valence-electron chi connectivity index (χ4n) is 4.53. The highest BCUT2D eigenvalue weighted by atomic mass is 16.5. The van der Waals surface area contributed by atoms with Crippen molar-refractivity contribution in [3.63, 3.8) is 0 Å². The molecule has 3 amide bonds. The average molecular weight is 421 g/mol. The summed E-state index contributed by atoms with van der Waals surface area (Å²) in [4.78, 5) is 39.0. The molecule has 162 valence electrons. The predicted octanol–water partition coefficient (Wildman–Crippen LogP) is 2.53. The standard InChI is InChI=1S/C24H27N3O4/c1-3-24(31-2,18-7-5-4-6-8-18)15-25-22(29)23(30)26-19-13-16-9-10-20(28)27-12-11-17(14-19)21(16)27/h4-8,13-14H,3,9-12,15H2,1-2H3,(H,25,29)(H,26,30). The van der Waals surface area contributed by atoms with Crippen LogP contribution in [0.4, 0.5) is 11.4 Å². The van der Waals surface area contributed by atoms with Gasteiger partial charge in [0, 0.05) is 25.8 Å². The summed E-state index contributed by atoms with van der Waals surface area (Å²) in [5.74, 6) is -1.28. The first kappa shape index (κ1) is 21.1. The van der Waals surface area contributed by atoms with Crippen LogP contribution in [0.2, 0.25) is 0 Å². The first-order valence-electron chi connectivity index (χ1n) is 10.6. The van der Waals surface area contributed by atoms with E-state index >= 15 is 0 Å². The van der Waals surface area contributed by atoms with Gasteiger partial charge in [-0.15, -0.1) is 0 Å². The van der Waals surface area contributed by atoms with Crippen molar-refractivity contribution in [1.82, 2.24) is 5.32 Å². The third-order valence-electron chi connectivity index (χ3n) is 6.31. The minimum Gasteiger partial charge on any atom is -0.372 e. The van der Waals surface area contributed by atoms with Crippen LogP contribution in [0.15, 0.2) is 42.5 Å². The SMILES string of the molecule is CCC(CNC(=O)C(=O)Nc1cc2c3c(c1)CCN3C(=O)CC2)(OC)c1ccccc1. The lowest BCUT2D eigenvalue weighted by molar-refractivity contribution is -0.137. The smallest absolute Gasteiger partial charge is 0.313 e. The summed E-state index contributed by atoms with van der Waals surface area (Å²) in [5.41, 5.74) is 3.88. The summed E-state index contributed by atoms with van der Waals surface area (Å²) >= 11 is 0. The van der Waals surface area contributed by atoms with E-state index in [0.717, 1.165) is 28.8 Å². The Morgan fingerprint density at radius 1 is 1.06 bits per heavy atom. The lowest BCUT2D eigenvalue weighted by atomic mass is 9.90. The number of nitrogens with one attached hydrogen (secondary N) is 2. The maximum atomic E-state index is 12.5. The highest BCUT2D eigenvalue weighted by molar-refractivity contribution is 6.39. The second-order valence-electron chi connectivity index (χ2n) is 7.99. The molecule has 7 nitrogen and oxygen atoms in total. The van der Waals surface area contributed by atoms with Crippen LogP contribution in [0.5, 0.6) is 0 Å². The monoisotopic (exact) mass is 421 g/mol. The largest absolute Gasteiger partial charge is 0.372 e. The zero-order valence-electron chi connectivity index (χ0n) is 17.9. The molecule has 2 N–H and O–H groups in total. The number of ether oxygens (including phenoxy) is 1. The van der Waals surface area contributed by atoms with Gasteiger partial charge < -0.3 is 20.3 Å². The van der Waals surface area contributed by atoms with Gasteiger partial charge in [-0.05, 0) is 48.1 Å². The van der Waals surface area contributed by atoms with Crippen LogP contribution < -0.4 is 15.5 Å². The third kappa shape index (κ3) is 3.93. The quantitative estimate of drug-likeness (QED) is 0.702. The second kappa shape index (κ2) is 8.51. The predicted molar refractivity (Wildman–Crippen MR) is 118 cm³/mol. The minimum absolute atomic E-state index is 0.151. The van der Waals surface area contributed by atoms with E-state index < -0.39 is 17.4 Å². The third-order valence-corrected chi connectivity index (χ3v) is 6.31. The number of hydrogen-bond donors (Lipinski definition) is 2. The van der Waals surface area contributed by atoms with Crippen molar-refractivity contribution >= 4 is 29.1 Å². The summed E-state index contributed by atoms with van der Waals surface area (Å²) in [6.45, 7) is 2.84. The van der Waals surface area contributed by atoms with E-state index in [9.17, 15) is 14.4 Å². The molecule has 0 saturated carbocycles. The first-order valence-corrected chi connectivity index (χ1v) is 10.6. The van der Waals surface area contributed by atoms with E-state index in [1.54, 1.807) is 7.11 Å². The van der Waals surface area contributed by atoms with Gasteiger partial charge in [0.25, 0.3) is 0 Å². The Labute approximate surface area is 181 Å². The molecule has 0 saturated heterocycles. The Kier molecular flexibility index (Phi) is 5.78. The lowest BCUT2D eigenvalue weighted by Gasteiger charge is -2.32. The van der Waals surface area contributed by atoms with Crippen LogP contribution in [-0.4, -0.2) is 37.9 Å². The van der Waals surface area contributed by atoms with Crippen LogP contribution in [0.1, 0.15) is 36.5 Å². The fraction of sp³-hybridized carbons (Fsp3) is 0.375. The highest BCUT2D eigenvalue weighted by Gasteiger charge is 2.33. The summed E-state index contributed by atoms with van der Waals surface area (Å²) in [6, 6.07) is 13.4. The van der Waals surface area contributed by atoms with Crippen LogP contribution in [0.3, 0.4) is 0 Å². The van der Waals surface area contributed by atoms with E-state index in [2.05, 4.69) is 10.6 Å². The molecule has 0 bridgehead atoms. The number of methoxy groups -OCH3 is 1. The van der Waals surface area contributed by atoms with Gasteiger partial charge in [-0.1, -0.05) is 37.3 Å². The number of benzene rings is 2. The Morgan fingerprint density at radius 3 is 2.45 bits per heavy atom. The molecule has 0 spiro atoms. The van der Waals surface area contributed by atoms with Crippen molar-refractivity contribution in [2.45, 2.75) is 38.2 Å². The fourth-order valence-corrected chi connectivity index (χ4v) is 4.53. The highest BCUT2D eigenvalue weighted by Crippen LogP contribution is 2.38. The average Bonchev–Trinajstić information content (AvgIpc) is 3.23. The van der Waals surface area contributed by atoms with Gasteiger partial charge in [0.05, 0.1) is 12.2 Å². The lowest BCUT2D eigenvalue weighted by Crippen LogP contribution is -2.45. The van der Waals surface area contributed by atoms with Gasteiger partial charge in [-0.3, -0.25) is 14.4 Å². The molecule has 7 heteroatoms. The summed E-state index contributed by atoms with van der Waals surface area (Å²) in [6.07, 6.45) is 2.52. The molecule has 2 heterocycles. The zero-order chi connectivity index (χ0) is 22.0. The van der Waals surface area contributed by atoms with E-state index in [4.69, 9.17) is 4.74 Å². The van der Waals surface area contributed by atoms with Crippen LogP contribution in [0.25, 0.3) is 0 Å². The Hall–Kier alpha value is -3.19. The molecule has 2 aromatic rings. The summed E-state index contributed by atoms with van der Waals surface area (Å²) in [5, 5.41) is 5.43. The van der Waals surface area contributed by atoms with Gasteiger partial charge in [-0.2, -0.15) is 0 Å². The van der Waals surface area contributed by atoms with Crippen molar-refractivity contribution in [2.24, 2.45) is 0 Å². The van der Waals surface area contributed by atoms with Crippen molar-refractivity contribution in [2.75, 3.05) is 30.4 Å². The summed E-state index contributed by atoms with van der Waals surface area (Å²) < 4.78 is 5.75. The van der Waals surface area contributed by atoms with Crippen molar-refractivity contribution in [1.29, 1.82) is 0 Å². The number of anilines is 2. The van der Waals surface area contributed by atoms with Crippen molar-refractivity contribution in [3.8, 4) is 0 Å². The second-order valence-corrected chi connectivity index (χ2v) is 7.99. The van der Waals surface area contributed by atoms with E-state index in [1.165, 1.54) is 0 Å². The van der Waals surface area contributed by atoms with Gasteiger partial charge in [0.15, 0.2) is 0 Å². The number of amides is 3. The molecule has 2 aliphatic rings. The molecular weight excluding hydrogens is 394 g/mol. The minimum atomic E-state index is -0.719. The zero-order valence-corrected chi connectivity index (χ0v) is 17.9. The molecular formula is C24H27N3O4. The van der Waals surface area contributed by atoms with E-state index in [-0.39, 0.29) is 12.5 Å². The van der Waals surface area contributed by atoms with Gasteiger partial charge in [-0.25, -0.2) is 0 Å². The molecule has 31 heavy (non-hydrogen) atoms. The Bertz CT molecular complexity index is 1010. The molecule has 4 rings (SSSR count). The Morgan fingerprint density at radius 2 is 1.77 bits per heavy atom. The van der Waals surface area contributed by atoms with Gasteiger partial charge in [0.2, 0.25) is 5.91 Å². The normalized spacial score (nSPS) is 16.5. The number of carbonyl (C=O) groups is 3. The molecule has 0 radical (unpaired) electrons. The molecule has 0 aliphatic carbocycles. The number of rotatable bonds is 6. The Balaban J connectivity index is 1.44. The molecule has 2 aliphatic heterocycles. The number of nitrogens with zero attached hydrogens (tertiary/aromatic N) is 1. The number of carbonyl (C=O) groups excluding carboxylic acids is 3. The van der Waals surface area contributed by atoms with Crippen LogP contribution in [-0.2, 0) is 37.6 Å². The first-order chi connectivity index (χ1) is 15.0.